The third-order valence-corrected chi connectivity index (χ3v) is 3.24. The average Bonchev–Trinajstić information content (AvgIpc) is 2.47. The molecule has 0 spiro atoms. The number of hydrogen-bond donors (Lipinski definition) is 2. The second kappa shape index (κ2) is 7.64. The quantitative estimate of drug-likeness (QED) is 0.747. The van der Waals surface area contributed by atoms with E-state index in [2.05, 4.69) is 4.74 Å². The summed E-state index contributed by atoms with van der Waals surface area (Å²) < 4.78 is 4.63. The van der Waals surface area contributed by atoms with Crippen molar-refractivity contribution in [3.05, 3.63) is 29.8 Å². The number of esters is 1. The van der Waals surface area contributed by atoms with Crippen molar-refractivity contribution in [2.24, 2.45) is 11.7 Å². The summed E-state index contributed by atoms with van der Waals surface area (Å²) in [7, 11) is 2.93. The van der Waals surface area contributed by atoms with Gasteiger partial charge in [0.2, 0.25) is 5.91 Å². The lowest BCUT2D eigenvalue weighted by Gasteiger charge is -2.23. The number of nitrogens with two attached hydrogens (primary N) is 1. The molecule has 2 unspecified atom stereocenters. The van der Waals surface area contributed by atoms with Crippen LogP contribution in [0.5, 0.6) is 5.75 Å². The second-order valence-corrected chi connectivity index (χ2v) is 5.12. The molecule has 21 heavy (non-hydrogen) atoms. The van der Waals surface area contributed by atoms with E-state index in [0.29, 0.717) is 6.42 Å². The van der Waals surface area contributed by atoms with Crippen molar-refractivity contribution in [3.8, 4) is 5.75 Å². The molecule has 0 aliphatic rings. The molecule has 6 nitrogen and oxygen atoms in total. The molecule has 1 aromatic rings. The Morgan fingerprint density at radius 3 is 2.43 bits per heavy atom. The fourth-order valence-corrected chi connectivity index (χ4v) is 2.03. The van der Waals surface area contributed by atoms with Gasteiger partial charge in [-0.05, 0) is 24.1 Å². The van der Waals surface area contributed by atoms with Crippen LogP contribution in [0.2, 0.25) is 0 Å². The van der Waals surface area contributed by atoms with E-state index in [1.807, 2.05) is 0 Å². The molecule has 6 heteroatoms. The standard InChI is InChI=1S/C15H22N2O4/c1-10(15(20)21-3)9-17(2)14(19)13(16)8-11-4-6-12(18)7-5-11/h4-7,10,13,18H,8-9,16H2,1-3H3. The number of ether oxygens (including phenoxy) is 1. The lowest BCUT2D eigenvalue weighted by molar-refractivity contribution is -0.146. The van der Waals surface area contributed by atoms with Crippen molar-refractivity contribution >= 4 is 11.9 Å². The molecule has 2 atom stereocenters. The molecule has 116 valence electrons. The molecule has 0 heterocycles. The fraction of sp³-hybridized carbons (Fsp3) is 0.467. The van der Waals surface area contributed by atoms with Crippen LogP contribution in [-0.2, 0) is 20.7 Å². The van der Waals surface area contributed by atoms with Gasteiger partial charge in [0.05, 0.1) is 19.1 Å². The number of benzene rings is 1. The molecule has 0 saturated heterocycles. The molecule has 0 radical (unpaired) electrons. The Hall–Kier alpha value is -2.08. The zero-order valence-corrected chi connectivity index (χ0v) is 12.6. The molecule has 0 aliphatic carbocycles. The minimum Gasteiger partial charge on any atom is -0.508 e. The summed E-state index contributed by atoms with van der Waals surface area (Å²) in [5.74, 6) is -0.826. The Bertz CT molecular complexity index is 487. The number of hydrogen-bond acceptors (Lipinski definition) is 5. The van der Waals surface area contributed by atoms with Crippen LogP contribution >= 0.6 is 0 Å². The summed E-state index contributed by atoms with van der Waals surface area (Å²) in [6, 6.07) is 5.86. The number of likely N-dealkylation sites (N-methyl/N-ethyl adjacent to an activating group) is 1. The zero-order valence-electron chi connectivity index (χ0n) is 12.6. The summed E-state index contributed by atoms with van der Waals surface area (Å²) >= 11 is 0. The van der Waals surface area contributed by atoms with E-state index >= 15 is 0 Å². The number of carbonyl (C=O) groups is 2. The van der Waals surface area contributed by atoms with Crippen molar-refractivity contribution in [1.29, 1.82) is 0 Å². The largest absolute Gasteiger partial charge is 0.508 e. The fourth-order valence-electron chi connectivity index (χ4n) is 2.03. The van der Waals surface area contributed by atoms with Crippen LogP contribution in [0.1, 0.15) is 12.5 Å². The Balaban J connectivity index is 2.56. The van der Waals surface area contributed by atoms with E-state index in [1.54, 1.807) is 38.2 Å². The lowest BCUT2D eigenvalue weighted by atomic mass is 10.0. The van der Waals surface area contributed by atoms with Crippen LogP contribution in [0.4, 0.5) is 0 Å². The number of aromatic hydroxyl groups is 1. The number of amides is 1. The topological polar surface area (TPSA) is 92.9 Å². The summed E-state index contributed by atoms with van der Waals surface area (Å²) in [6.45, 7) is 1.95. The highest BCUT2D eigenvalue weighted by Gasteiger charge is 2.22. The lowest BCUT2D eigenvalue weighted by Crippen LogP contribution is -2.45. The van der Waals surface area contributed by atoms with Crippen molar-refractivity contribution < 1.29 is 19.4 Å². The molecule has 1 rings (SSSR count). The predicted molar refractivity (Wildman–Crippen MR) is 78.6 cm³/mol. The van der Waals surface area contributed by atoms with Crippen LogP contribution in [0, 0.1) is 5.92 Å². The van der Waals surface area contributed by atoms with Crippen LogP contribution in [0.15, 0.2) is 24.3 Å². The monoisotopic (exact) mass is 294 g/mol. The number of nitrogens with zero attached hydrogens (tertiary/aromatic N) is 1. The molecular weight excluding hydrogens is 272 g/mol. The summed E-state index contributed by atoms with van der Waals surface area (Å²) in [4.78, 5) is 24.9. The maximum atomic E-state index is 12.2. The Morgan fingerprint density at radius 2 is 1.90 bits per heavy atom. The van der Waals surface area contributed by atoms with Gasteiger partial charge in [-0.2, -0.15) is 0 Å². The van der Waals surface area contributed by atoms with E-state index in [4.69, 9.17) is 5.73 Å². The van der Waals surface area contributed by atoms with E-state index in [9.17, 15) is 14.7 Å². The van der Waals surface area contributed by atoms with Gasteiger partial charge in [-0.25, -0.2) is 0 Å². The van der Waals surface area contributed by atoms with E-state index in [1.165, 1.54) is 12.0 Å². The van der Waals surface area contributed by atoms with Gasteiger partial charge in [0.1, 0.15) is 5.75 Å². The SMILES string of the molecule is COC(=O)C(C)CN(C)C(=O)C(N)Cc1ccc(O)cc1. The number of phenols is 1. The first-order valence-corrected chi connectivity index (χ1v) is 6.71. The highest BCUT2D eigenvalue weighted by Crippen LogP contribution is 2.11. The molecule has 0 aromatic heterocycles. The number of phenolic OH excluding ortho intramolecular Hbond substituents is 1. The first-order valence-electron chi connectivity index (χ1n) is 6.71. The number of carbonyl (C=O) groups excluding carboxylic acids is 2. The highest BCUT2D eigenvalue weighted by atomic mass is 16.5. The third-order valence-electron chi connectivity index (χ3n) is 3.24. The minimum atomic E-state index is -0.690. The third kappa shape index (κ3) is 5.07. The van der Waals surface area contributed by atoms with Crippen molar-refractivity contribution in [1.82, 2.24) is 4.90 Å². The van der Waals surface area contributed by atoms with Gasteiger partial charge < -0.3 is 20.5 Å². The second-order valence-electron chi connectivity index (χ2n) is 5.12. The smallest absolute Gasteiger partial charge is 0.310 e. The van der Waals surface area contributed by atoms with Gasteiger partial charge in [0.25, 0.3) is 0 Å². The van der Waals surface area contributed by atoms with Gasteiger partial charge in [-0.3, -0.25) is 9.59 Å². The number of rotatable bonds is 6. The average molecular weight is 294 g/mol. The summed E-state index contributed by atoms with van der Waals surface area (Å²) in [5.41, 5.74) is 6.77. The molecule has 1 aromatic carbocycles. The maximum absolute atomic E-state index is 12.2. The van der Waals surface area contributed by atoms with Gasteiger partial charge >= 0.3 is 5.97 Å². The van der Waals surface area contributed by atoms with Crippen molar-refractivity contribution in [2.45, 2.75) is 19.4 Å². The van der Waals surface area contributed by atoms with Crippen molar-refractivity contribution in [3.63, 3.8) is 0 Å². The molecule has 0 fully saturated rings. The molecule has 1 amide bonds. The van der Waals surface area contributed by atoms with Gasteiger partial charge in [0, 0.05) is 13.6 Å². The molecule has 3 N–H and O–H groups in total. The number of methoxy groups -OCH3 is 1. The Morgan fingerprint density at radius 1 is 1.33 bits per heavy atom. The molecule has 0 bridgehead atoms. The predicted octanol–water partition coefficient (Wildman–Crippen LogP) is 0.530. The summed E-state index contributed by atoms with van der Waals surface area (Å²) in [5, 5.41) is 9.21. The maximum Gasteiger partial charge on any atom is 0.310 e. The normalized spacial score (nSPS) is 13.3. The molecule has 0 aliphatic heterocycles. The highest BCUT2D eigenvalue weighted by molar-refractivity contribution is 5.82. The van der Waals surface area contributed by atoms with Gasteiger partial charge in [-0.15, -0.1) is 0 Å². The van der Waals surface area contributed by atoms with Crippen LogP contribution in [-0.4, -0.2) is 48.6 Å². The van der Waals surface area contributed by atoms with Crippen molar-refractivity contribution in [2.75, 3.05) is 20.7 Å². The Kier molecular flexibility index (Phi) is 6.17. The Labute approximate surface area is 124 Å². The summed E-state index contributed by atoms with van der Waals surface area (Å²) in [6.07, 6.45) is 0.371. The first kappa shape index (κ1) is 17.0. The van der Waals surface area contributed by atoms with Gasteiger partial charge in [0.15, 0.2) is 0 Å². The first-order chi connectivity index (χ1) is 9.85. The zero-order chi connectivity index (χ0) is 16.0. The molecular formula is C15H22N2O4. The van der Waals surface area contributed by atoms with E-state index in [0.717, 1.165) is 5.56 Å². The molecule has 0 saturated carbocycles. The minimum absolute atomic E-state index is 0.169. The van der Waals surface area contributed by atoms with E-state index in [-0.39, 0.29) is 24.2 Å². The van der Waals surface area contributed by atoms with Crippen LogP contribution < -0.4 is 5.73 Å². The van der Waals surface area contributed by atoms with Gasteiger partial charge in [-0.1, -0.05) is 19.1 Å². The van der Waals surface area contributed by atoms with E-state index < -0.39 is 12.0 Å². The van der Waals surface area contributed by atoms with Crippen LogP contribution in [0.3, 0.4) is 0 Å². The van der Waals surface area contributed by atoms with Crippen LogP contribution in [0.25, 0.3) is 0 Å².